The SMILES string of the molecule is C/C=C(\Cl)C(Cl)C(Cl)C(Cl)C(Cl)CCCCCCCC. The van der Waals surface area contributed by atoms with E-state index in [9.17, 15) is 0 Å². The number of alkyl halides is 4. The number of allylic oxidation sites excluding steroid dienone is 2. The van der Waals surface area contributed by atoms with Crippen molar-refractivity contribution in [2.75, 3.05) is 0 Å². The maximum absolute atomic E-state index is 6.32. The van der Waals surface area contributed by atoms with Crippen LogP contribution in [0.3, 0.4) is 0 Å². The summed E-state index contributed by atoms with van der Waals surface area (Å²) in [5.41, 5.74) is 0. The van der Waals surface area contributed by atoms with Gasteiger partial charge in [0.25, 0.3) is 0 Å². The Kier molecular flexibility index (Phi) is 13.5. The molecule has 0 aliphatic carbocycles. The molecule has 0 saturated carbocycles. The zero-order chi connectivity index (χ0) is 15.5. The van der Waals surface area contributed by atoms with Gasteiger partial charge in [-0.2, -0.15) is 0 Å². The number of hydrogen-bond acceptors (Lipinski definition) is 0. The molecule has 0 spiro atoms. The largest absolute Gasteiger partial charge is 0.121 e. The Bertz CT molecular complexity index is 267. The summed E-state index contributed by atoms with van der Waals surface area (Å²) in [4.78, 5) is 0. The molecule has 0 fully saturated rings. The van der Waals surface area contributed by atoms with Gasteiger partial charge in [0.1, 0.15) is 0 Å². The first kappa shape index (κ1) is 21.2. The molecule has 0 saturated heterocycles. The highest BCUT2D eigenvalue weighted by Gasteiger charge is 2.31. The molecule has 0 heterocycles. The Morgan fingerprint density at radius 3 is 2.00 bits per heavy atom. The van der Waals surface area contributed by atoms with Gasteiger partial charge in [0.2, 0.25) is 0 Å². The summed E-state index contributed by atoms with van der Waals surface area (Å²) in [6, 6.07) is 0. The molecule has 0 aliphatic rings. The molecule has 0 aromatic carbocycles. The highest BCUT2D eigenvalue weighted by molar-refractivity contribution is 6.43. The van der Waals surface area contributed by atoms with E-state index in [1.54, 1.807) is 6.08 Å². The molecule has 4 atom stereocenters. The van der Waals surface area contributed by atoms with Crippen LogP contribution in [-0.2, 0) is 0 Å². The van der Waals surface area contributed by atoms with Gasteiger partial charge in [-0.1, -0.05) is 63.1 Å². The highest BCUT2D eigenvalue weighted by atomic mass is 35.5. The Labute approximate surface area is 149 Å². The summed E-state index contributed by atoms with van der Waals surface area (Å²) in [5.74, 6) is 0. The van der Waals surface area contributed by atoms with Gasteiger partial charge in [0.15, 0.2) is 0 Å². The fraction of sp³-hybridized carbons (Fsp3) is 0.867. The molecule has 0 aromatic rings. The van der Waals surface area contributed by atoms with Crippen LogP contribution < -0.4 is 0 Å². The normalized spacial score (nSPS) is 18.6. The minimum atomic E-state index is -0.489. The molecule has 5 heteroatoms. The van der Waals surface area contributed by atoms with E-state index < -0.39 is 10.8 Å². The summed E-state index contributed by atoms with van der Waals surface area (Å²) in [5, 5.41) is -1.000. The molecule has 0 nitrogen and oxygen atoms in total. The van der Waals surface area contributed by atoms with Crippen molar-refractivity contribution in [3.05, 3.63) is 11.1 Å². The molecule has 0 aromatic heterocycles. The van der Waals surface area contributed by atoms with Crippen molar-refractivity contribution in [2.45, 2.75) is 80.3 Å². The van der Waals surface area contributed by atoms with E-state index in [-0.39, 0.29) is 10.8 Å². The average Bonchev–Trinajstić information content (AvgIpc) is 2.47. The smallest absolute Gasteiger partial charge is 0.0867 e. The Morgan fingerprint density at radius 1 is 0.900 bits per heavy atom. The second kappa shape index (κ2) is 12.7. The summed E-state index contributed by atoms with van der Waals surface area (Å²) >= 11 is 31.0. The van der Waals surface area contributed by atoms with Gasteiger partial charge >= 0.3 is 0 Å². The number of halogens is 5. The van der Waals surface area contributed by atoms with Crippen molar-refractivity contribution >= 4 is 58.0 Å². The molecule has 0 aliphatic heterocycles. The van der Waals surface area contributed by atoms with Gasteiger partial charge in [-0.15, -0.1) is 46.4 Å². The van der Waals surface area contributed by atoms with Crippen LogP contribution in [0.4, 0.5) is 0 Å². The summed E-state index contributed by atoms with van der Waals surface area (Å²) in [6.45, 7) is 4.03. The van der Waals surface area contributed by atoms with E-state index in [2.05, 4.69) is 6.92 Å². The molecule has 0 bridgehead atoms. The lowest BCUT2D eigenvalue weighted by Gasteiger charge is -2.24. The first-order valence-corrected chi connectivity index (χ1v) is 9.46. The Balaban J connectivity index is 3.98. The lowest BCUT2D eigenvalue weighted by Crippen LogP contribution is -2.32. The molecule has 0 radical (unpaired) electrons. The van der Waals surface area contributed by atoms with Crippen LogP contribution in [0.15, 0.2) is 11.1 Å². The molecule has 4 unspecified atom stereocenters. The first-order chi connectivity index (χ1) is 9.45. The molecule has 120 valence electrons. The third-order valence-corrected chi connectivity index (χ3v) is 6.35. The van der Waals surface area contributed by atoms with Crippen LogP contribution in [-0.4, -0.2) is 21.5 Å². The molecule has 0 N–H and O–H groups in total. The monoisotopic (exact) mass is 380 g/mol. The van der Waals surface area contributed by atoms with Crippen LogP contribution in [0, 0.1) is 0 Å². The second-order valence-electron chi connectivity index (χ2n) is 5.04. The summed E-state index contributed by atoms with van der Waals surface area (Å²) < 4.78 is 0. The minimum absolute atomic E-state index is 0.173. The predicted octanol–water partition coefficient (Wildman–Crippen LogP) is 7.31. The molecular formula is C15H25Cl5. The topological polar surface area (TPSA) is 0 Å². The van der Waals surface area contributed by atoms with Crippen LogP contribution in [0.2, 0.25) is 0 Å². The van der Waals surface area contributed by atoms with Crippen LogP contribution in [0.5, 0.6) is 0 Å². The zero-order valence-electron chi connectivity index (χ0n) is 12.2. The third kappa shape index (κ3) is 8.59. The van der Waals surface area contributed by atoms with Crippen molar-refractivity contribution in [2.24, 2.45) is 0 Å². The molecule has 0 amide bonds. The molecule has 20 heavy (non-hydrogen) atoms. The van der Waals surface area contributed by atoms with Crippen molar-refractivity contribution in [1.29, 1.82) is 0 Å². The van der Waals surface area contributed by atoms with Crippen molar-refractivity contribution < 1.29 is 0 Å². The van der Waals surface area contributed by atoms with Gasteiger partial charge < -0.3 is 0 Å². The third-order valence-electron chi connectivity index (χ3n) is 3.30. The average molecular weight is 383 g/mol. The van der Waals surface area contributed by atoms with E-state index in [4.69, 9.17) is 58.0 Å². The van der Waals surface area contributed by atoms with Gasteiger partial charge in [0, 0.05) is 5.03 Å². The summed E-state index contributed by atoms with van der Waals surface area (Å²) in [7, 11) is 0. The van der Waals surface area contributed by atoms with Crippen LogP contribution >= 0.6 is 58.0 Å². The van der Waals surface area contributed by atoms with Gasteiger partial charge in [0.05, 0.1) is 21.5 Å². The first-order valence-electron chi connectivity index (χ1n) is 7.33. The Morgan fingerprint density at radius 2 is 1.45 bits per heavy atom. The maximum Gasteiger partial charge on any atom is 0.0867 e. The number of hydrogen-bond donors (Lipinski definition) is 0. The molecule has 0 rings (SSSR count). The minimum Gasteiger partial charge on any atom is -0.121 e. The lowest BCUT2D eigenvalue weighted by molar-refractivity contribution is 0.566. The standard InChI is InChI=1S/C15H25Cl5/c1-3-5-6-7-8-9-10-12(17)14(19)15(20)13(18)11(16)4-2/h4,12-15H,3,5-10H2,1-2H3/b11-4-. The van der Waals surface area contributed by atoms with E-state index in [1.807, 2.05) is 6.92 Å². The van der Waals surface area contributed by atoms with E-state index in [0.29, 0.717) is 5.03 Å². The predicted molar refractivity (Wildman–Crippen MR) is 96.2 cm³/mol. The van der Waals surface area contributed by atoms with Crippen LogP contribution in [0.25, 0.3) is 0 Å². The second-order valence-corrected chi connectivity index (χ2v) is 7.51. The van der Waals surface area contributed by atoms with Crippen LogP contribution in [0.1, 0.15) is 58.8 Å². The highest BCUT2D eigenvalue weighted by Crippen LogP contribution is 2.31. The van der Waals surface area contributed by atoms with Gasteiger partial charge in [-0.25, -0.2) is 0 Å². The fourth-order valence-corrected chi connectivity index (χ4v) is 3.48. The number of rotatable bonds is 11. The van der Waals surface area contributed by atoms with E-state index >= 15 is 0 Å². The maximum atomic E-state index is 6.32. The fourth-order valence-electron chi connectivity index (χ4n) is 1.95. The van der Waals surface area contributed by atoms with Gasteiger partial charge in [-0.3, -0.25) is 0 Å². The van der Waals surface area contributed by atoms with Crippen molar-refractivity contribution in [1.82, 2.24) is 0 Å². The number of unbranched alkanes of at least 4 members (excludes halogenated alkanes) is 5. The van der Waals surface area contributed by atoms with Crippen molar-refractivity contribution in [3.63, 3.8) is 0 Å². The van der Waals surface area contributed by atoms with E-state index in [1.165, 1.54) is 32.1 Å². The lowest BCUT2D eigenvalue weighted by atomic mass is 10.0. The molecular weight excluding hydrogens is 357 g/mol. The van der Waals surface area contributed by atoms with Gasteiger partial charge in [-0.05, 0) is 13.3 Å². The Hall–Kier alpha value is 1.19. The quantitative estimate of drug-likeness (QED) is 0.259. The van der Waals surface area contributed by atoms with E-state index in [0.717, 1.165) is 12.8 Å². The summed E-state index contributed by atoms with van der Waals surface area (Å²) in [6.07, 6.45) is 10.00. The zero-order valence-corrected chi connectivity index (χ0v) is 16.0. The van der Waals surface area contributed by atoms with Crippen molar-refractivity contribution in [3.8, 4) is 0 Å².